The zero-order valence-electron chi connectivity index (χ0n) is 10.5. The molecule has 1 amide bonds. The molecule has 1 atom stereocenters. The Morgan fingerprint density at radius 3 is 2.30 bits per heavy atom. The van der Waals surface area contributed by atoms with Crippen molar-refractivity contribution in [3.8, 4) is 0 Å². The highest BCUT2D eigenvalue weighted by atomic mass is 35.5. The van der Waals surface area contributed by atoms with Gasteiger partial charge in [-0.2, -0.15) is 0 Å². The third kappa shape index (κ3) is 5.05. The summed E-state index contributed by atoms with van der Waals surface area (Å²) in [5, 5.41) is 11.6. The van der Waals surface area contributed by atoms with Crippen molar-refractivity contribution in [2.45, 2.75) is 18.6 Å². The van der Waals surface area contributed by atoms with Gasteiger partial charge in [0.2, 0.25) is 5.91 Å². The van der Waals surface area contributed by atoms with Crippen molar-refractivity contribution < 1.29 is 14.7 Å². The molecule has 0 fully saturated rings. The molecule has 8 heteroatoms. The lowest BCUT2D eigenvalue weighted by molar-refractivity contribution is -0.136. The molecule has 0 spiro atoms. The van der Waals surface area contributed by atoms with Crippen molar-refractivity contribution in [1.29, 1.82) is 0 Å². The largest absolute Gasteiger partial charge is 0.480 e. The fourth-order valence-electron chi connectivity index (χ4n) is 1.38. The van der Waals surface area contributed by atoms with Gasteiger partial charge in [-0.1, -0.05) is 41.7 Å². The molecule has 0 aliphatic rings. The fourth-order valence-corrected chi connectivity index (χ4v) is 3.09. The van der Waals surface area contributed by atoms with Crippen molar-refractivity contribution in [1.82, 2.24) is 0 Å². The first-order valence-corrected chi connectivity index (χ1v) is 7.82. The maximum absolute atomic E-state index is 11.8. The Morgan fingerprint density at radius 1 is 1.30 bits per heavy atom. The molecule has 1 unspecified atom stereocenters. The van der Waals surface area contributed by atoms with Gasteiger partial charge < -0.3 is 10.4 Å². The van der Waals surface area contributed by atoms with Gasteiger partial charge in [-0.25, -0.2) is 0 Å². The topological polar surface area (TPSA) is 66.4 Å². The summed E-state index contributed by atoms with van der Waals surface area (Å²) in [5.41, 5.74) is 0.270. The first-order chi connectivity index (χ1) is 9.35. The van der Waals surface area contributed by atoms with Gasteiger partial charge in [0.25, 0.3) is 0 Å². The lowest BCUT2D eigenvalue weighted by Gasteiger charge is -2.11. The Balaban J connectivity index is 2.66. The lowest BCUT2D eigenvalue weighted by atomic mass is 10.3. The summed E-state index contributed by atoms with van der Waals surface area (Å²) in [7, 11) is 0. The number of benzene rings is 1. The van der Waals surface area contributed by atoms with Crippen LogP contribution in [0.2, 0.25) is 15.1 Å². The molecular formula is C12H12Cl3NO3S. The average Bonchev–Trinajstić information content (AvgIpc) is 2.34. The molecule has 1 rings (SSSR count). The second kappa shape index (κ2) is 7.98. The minimum absolute atomic E-state index is 0.0000902. The molecule has 0 radical (unpaired) electrons. The predicted molar refractivity (Wildman–Crippen MR) is 84.3 cm³/mol. The van der Waals surface area contributed by atoms with Crippen molar-refractivity contribution in [3.05, 3.63) is 27.2 Å². The lowest BCUT2D eigenvalue weighted by Crippen LogP contribution is -2.21. The van der Waals surface area contributed by atoms with Crippen molar-refractivity contribution in [3.63, 3.8) is 0 Å². The minimum atomic E-state index is -0.937. The predicted octanol–water partition coefficient (Wildman–Crippen LogP) is 4.18. The quantitative estimate of drug-likeness (QED) is 0.802. The third-order valence-corrected chi connectivity index (χ3v) is 4.51. The molecule has 2 N–H and O–H groups in total. The molecular weight excluding hydrogens is 345 g/mol. The van der Waals surface area contributed by atoms with E-state index in [9.17, 15) is 9.59 Å². The van der Waals surface area contributed by atoms with E-state index in [-0.39, 0.29) is 27.4 Å². The average molecular weight is 357 g/mol. The summed E-state index contributed by atoms with van der Waals surface area (Å²) in [6.07, 6.45) is 0.440. The van der Waals surface area contributed by atoms with Crippen LogP contribution in [0.25, 0.3) is 0 Å². The molecule has 0 aliphatic heterocycles. The summed E-state index contributed by atoms with van der Waals surface area (Å²) in [4.78, 5) is 22.6. The monoisotopic (exact) mass is 355 g/mol. The second-order valence-corrected chi connectivity index (χ2v) is 6.28. The Labute approximate surface area is 135 Å². The van der Waals surface area contributed by atoms with Gasteiger partial charge in [-0.05, 0) is 18.6 Å². The van der Waals surface area contributed by atoms with Gasteiger partial charge in [-0.15, -0.1) is 11.8 Å². The van der Waals surface area contributed by atoms with Gasteiger partial charge in [0.1, 0.15) is 5.25 Å². The molecule has 0 aliphatic carbocycles. The highest BCUT2D eigenvalue weighted by Gasteiger charge is 2.18. The zero-order chi connectivity index (χ0) is 15.3. The number of thioether (sulfide) groups is 1. The van der Waals surface area contributed by atoms with Crippen LogP contribution in [0, 0.1) is 0 Å². The number of aliphatic carboxylic acids is 1. The number of halogens is 3. The Morgan fingerprint density at radius 2 is 1.85 bits per heavy atom. The van der Waals surface area contributed by atoms with E-state index in [2.05, 4.69) is 5.32 Å². The van der Waals surface area contributed by atoms with Crippen LogP contribution in [0.15, 0.2) is 12.1 Å². The molecule has 0 bridgehead atoms. The van der Waals surface area contributed by atoms with Crippen LogP contribution in [0.3, 0.4) is 0 Å². The summed E-state index contributed by atoms with van der Waals surface area (Å²) in [6, 6.07) is 2.92. The van der Waals surface area contributed by atoms with Crippen molar-refractivity contribution in [2.24, 2.45) is 0 Å². The summed E-state index contributed by atoms with van der Waals surface area (Å²) in [6.45, 7) is 1.75. The van der Waals surface area contributed by atoms with E-state index in [1.54, 1.807) is 6.92 Å². The number of carboxylic acids is 1. The summed E-state index contributed by atoms with van der Waals surface area (Å²) >= 11 is 18.7. The van der Waals surface area contributed by atoms with Crippen molar-refractivity contribution in [2.75, 3.05) is 11.1 Å². The van der Waals surface area contributed by atoms with E-state index >= 15 is 0 Å². The molecule has 20 heavy (non-hydrogen) atoms. The van der Waals surface area contributed by atoms with Crippen LogP contribution >= 0.6 is 46.6 Å². The van der Waals surface area contributed by atoms with Crippen LogP contribution < -0.4 is 5.32 Å². The molecule has 0 aromatic heterocycles. The number of carboxylic acid groups (broad SMARTS) is 1. The fraction of sp³-hybridized carbons (Fsp3) is 0.333. The van der Waals surface area contributed by atoms with E-state index in [0.717, 1.165) is 11.8 Å². The first kappa shape index (κ1) is 17.4. The zero-order valence-corrected chi connectivity index (χ0v) is 13.5. The van der Waals surface area contributed by atoms with E-state index in [0.29, 0.717) is 11.4 Å². The van der Waals surface area contributed by atoms with Crippen LogP contribution in [0.1, 0.15) is 13.3 Å². The number of anilines is 1. The SMILES string of the molecule is CCC(SCC(=O)Nc1c(Cl)cc(Cl)cc1Cl)C(=O)O. The number of rotatable bonds is 6. The molecule has 1 aromatic rings. The van der Waals surface area contributed by atoms with Crippen LogP contribution in [-0.4, -0.2) is 28.0 Å². The number of nitrogens with one attached hydrogen (secondary N) is 1. The molecule has 0 heterocycles. The molecule has 1 aromatic carbocycles. The number of hydrogen-bond acceptors (Lipinski definition) is 3. The maximum atomic E-state index is 11.8. The smallest absolute Gasteiger partial charge is 0.316 e. The Kier molecular flexibility index (Phi) is 6.95. The molecule has 0 saturated carbocycles. The van der Waals surface area contributed by atoms with Gasteiger partial charge in [0.15, 0.2) is 0 Å². The van der Waals surface area contributed by atoms with E-state index < -0.39 is 11.2 Å². The number of carbonyl (C=O) groups excluding carboxylic acids is 1. The molecule has 110 valence electrons. The van der Waals surface area contributed by atoms with Crippen molar-refractivity contribution >= 4 is 64.1 Å². The molecule has 0 saturated heterocycles. The third-order valence-electron chi connectivity index (χ3n) is 2.33. The van der Waals surface area contributed by atoms with E-state index in [1.165, 1.54) is 12.1 Å². The number of hydrogen-bond donors (Lipinski definition) is 2. The minimum Gasteiger partial charge on any atom is -0.480 e. The van der Waals surface area contributed by atoms with Gasteiger partial charge in [0.05, 0.1) is 21.5 Å². The molecule has 4 nitrogen and oxygen atoms in total. The van der Waals surface area contributed by atoms with E-state index in [4.69, 9.17) is 39.9 Å². The van der Waals surface area contributed by atoms with Gasteiger partial charge in [-0.3, -0.25) is 9.59 Å². The van der Waals surface area contributed by atoms with E-state index in [1.807, 2.05) is 0 Å². The van der Waals surface area contributed by atoms with Gasteiger partial charge >= 0.3 is 5.97 Å². The van der Waals surface area contributed by atoms with Crippen LogP contribution in [-0.2, 0) is 9.59 Å². The normalized spacial score (nSPS) is 12.0. The summed E-state index contributed by atoms with van der Waals surface area (Å²) < 4.78 is 0. The summed E-state index contributed by atoms with van der Waals surface area (Å²) in [5.74, 6) is -1.31. The second-order valence-electron chi connectivity index (χ2n) is 3.84. The van der Waals surface area contributed by atoms with Gasteiger partial charge in [0, 0.05) is 5.02 Å². The highest BCUT2D eigenvalue weighted by Crippen LogP contribution is 2.33. The highest BCUT2D eigenvalue weighted by molar-refractivity contribution is 8.01. The van der Waals surface area contributed by atoms with Crippen LogP contribution in [0.5, 0.6) is 0 Å². The Bertz CT molecular complexity index is 502. The van der Waals surface area contributed by atoms with Crippen LogP contribution in [0.4, 0.5) is 5.69 Å². The Hall–Kier alpha value is -0.620. The standard InChI is InChI=1S/C12H12Cl3NO3S/c1-2-9(12(18)19)20-5-10(17)16-11-7(14)3-6(13)4-8(11)15/h3-4,9H,2,5H2,1H3,(H,16,17)(H,18,19). The maximum Gasteiger partial charge on any atom is 0.316 e. The first-order valence-electron chi connectivity index (χ1n) is 5.64. The number of amides is 1. The number of carbonyl (C=O) groups is 2.